The van der Waals surface area contributed by atoms with Crippen LogP contribution in [-0.4, -0.2) is 10.1 Å². The smallest absolute Gasteiger partial charge is 0.223 e. The van der Waals surface area contributed by atoms with E-state index in [1.807, 2.05) is 25.1 Å². The van der Waals surface area contributed by atoms with Crippen molar-refractivity contribution in [3.05, 3.63) is 35.5 Å². The van der Waals surface area contributed by atoms with Crippen LogP contribution in [0.4, 0.5) is 11.4 Å². The molecule has 84 valence electrons. The summed E-state index contributed by atoms with van der Waals surface area (Å²) in [6, 6.07) is 5.72. The van der Waals surface area contributed by atoms with Gasteiger partial charge in [0, 0.05) is 18.3 Å². The number of nitrogens with one attached hydrogen (secondary N) is 1. The zero-order valence-corrected chi connectivity index (χ0v) is 9.32. The van der Waals surface area contributed by atoms with Gasteiger partial charge in [-0.3, -0.25) is 0 Å². The van der Waals surface area contributed by atoms with Gasteiger partial charge in [-0.1, -0.05) is 5.16 Å². The molecule has 2 aromatic rings. The fourth-order valence-corrected chi connectivity index (χ4v) is 1.47. The number of aryl methyl sites for hydroxylation is 2. The maximum Gasteiger partial charge on any atom is 0.223 e. The Morgan fingerprint density at radius 2 is 2.19 bits per heavy atom. The monoisotopic (exact) mass is 218 g/mol. The van der Waals surface area contributed by atoms with E-state index in [9.17, 15) is 0 Å². The van der Waals surface area contributed by atoms with Crippen molar-refractivity contribution < 1.29 is 4.52 Å². The molecule has 0 aliphatic carbocycles. The molecule has 5 heteroatoms. The number of aromatic nitrogens is 2. The van der Waals surface area contributed by atoms with Crippen LogP contribution in [0.15, 0.2) is 22.7 Å². The summed E-state index contributed by atoms with van der Waals surface area (Å²) in [7, 11) is 0. The Labute approximate surface area is 93.7 Å². The molecule has 3 N–H and O–H groups in total. The second-order valence-corrected chi connectivity index (χ2v) is 3.66. The number of hydrogen-bond donors (Lipinski definition) is 2. The third-order valence-electron chi connectivity index (χ3n) is 2.26. The molecule has 0 bridgehead atoms. The summed E-state index contributed by atoms with van der Waals surface area (Å²) in [6.45, 7) is 4.31. The molecular formula is C11H14N4O. The zero-order chi connectivity index (χ0) is 11.5. The van der Waals surface area contributed by atoms with Crippen molar-refractivity contribution in [2.45, 2.75) is 20.4 Å². The molecule has 0 amide bonds. The maximum absolute atomic E-state index is 5.67. The lowest BCUT2D eigenvalue weighted by Gasteiger charge is -2.07. The SMILES string of the molecule is Cc1nc(CNc2ccc(N)cc2C)no1. The number of nitrogens with two attached hydrogens (primary N) is 1. The van der Waals surface area contributed by atoms with Crippen molar-refractivity contribution in [1.82, 2.24) is 10.1 Å². The average Bonchev–Trinajstić information content (AvgIpc) is 2.63. The van der Waals surface area contributed by atoms with Gasteiger partial charge < -0.3 is 15.6 Å². The first kappa shape index (κ1) is 10.5. The van der Waals surface area contributed by atoms with E-state index in [-0.39, 0.29) is 0 Å². The molecular weight excluding hydrogens is 204 g/mol. The minimum absolute atomic E-state index is 0.544. The van der Waals surface area contributed by atoms with Crippen LogP contribution in [0.25, 0.3) is 0 Å². The highest BCUT2D eigenvalue weighted by Crippen LogP contribution is 2.17. The van der Waals surface area contributed by atoms with Crippen molar-refractivity contribution in [2.75, 3.05) is 11.1 Å². The molecule has 1 aromatic carbocycles. The molecule has 0 atom stereocenters. The molecule has 2 rings (SSSR count). The Morgan fingerprint density at radius 1 is 1.38 bits per heavy atom. The third kappa shape index (κ3) is 2.31. The number of nitrogens with zero attached hydrogens (tertiary/aromatic N) is 2. The van der Waals surface area contributed by atoms with Gasteiger partial charge in [0.2, 0.25) is 5.89 Å². The van der Waals surface area contributed by atoms with Crippen molar-refractivity contribution in [1.29, 1.82) is 0 Å². The summed E-state index contributed by atoms with van der Waals surface area (Å²) in [4.78, 5) is 4.11. The van der Waals surface area contributed by atoms with E-state index in [2.05, 4.69) is 15.5 Å². The van der Waals surface area contributed by atoms with Gasteiger partial charge in [0.1, 0.15) is 0 Å². The van der Waals surface area contributed by atoms with Crippen molar-refractivity contribution in [2.24, 2.45) is 0 Å². The largest absolute Gasteiger partial charge is 0.399 e. The van der Waals surface area contributed by atoms with Crippen molar-refractivity contribution >= 4 is 11.4 Å². The van der Waals surface area contributed by atoms with E-state index in [0.29, 0.717) is 18.3 Å². The molecule has 0 fully saturated rings. The van der Waals surface area contributed by atoms with Crippen LogP contribution >= 0.6 is 0 Å². The number of anilines is 2. The van der Waals surface area contributed by atoms with Crippen LogP contribution in [0.3, 0.4) is 0 Å². The Morgan fingerprint density at radius 3 is 2.81 bits per heavy atom. The standard InChI is InChI=1S/C11H14N4O/c1-7-5-9(12)3-4-10(7)13-6-11-14-8(2)16-15-11/h3-5,13H,6,12H2,1-2H3. The molecule has 0 aliphatic heterocycles. The molecule has 0 spiro atoms. The minimum Gasteiger partial charge on any atom is -0.399 e. The summed E-state index contributed by atoms with van der Waals surface area (Å²) >= 11 is 0. The number of hydrogen-bond acceptors (Lipinski definition) is 5. The van der Waals surface area contributed by atoms with Gasteiger partial charge in [0.15, 0.2) is 5.82 Å². The molecule has 0 aliphatic rings. The summed E-state index contributed by atoms with van der Waals surface area (Å²) in [6.07, 6.45) is 0. The fraction of sp³-hybridized carbons (Fsp3) is 0.273. The normalized spacial score (nSPS) is 10.4. The average molecular weight is 218 g/mol. The fourth-order valence-electron chi connectivity index (χ4n) is 1.47. The second kappa shape index (κ2) is 4.22. The van der Waals surface area contributed by atoms with Gasteiger partial charge in [-0.05, 0) is 30.7 Å². The molecule has 0 saturated carbocycles. The lowest BCUT2D eigenvalue weighted by Crippen LogP contribution is -2.03. The Balaban J connectivity index is 2.04. The lowest BCUT2D eigenvalue weighted by atomic mass is 10.2. The van der Waals surface area contributed by atoms with E-state index in [1.54, 1.807) is 6.92 Å². The first-order valence-corrected chi connectivity index (χ1v) is 5.04. The molecule has 1 aromatic heterocycles. The van der Waals surface area contributed by atoms with Gasteiger partial charge in [-0.2, -0.15) is 4.98 Å². The zero-order valence-electron chi connectivity index (χ0n) is 9.32. The van der Waals surface area contributed by atoms with Crippen LogP contribution < -0.4 is 11.1 Å². The van der Waals surface area contributed by atoms with Crippen molar-refractivity contribution in [3.63, 3.8) is 0 Å². The van der Waals surface area contributed by atoms with Gasteiger partial charge in [-0.25, -0.2) is 0 Å². The molecule has 5 nitrogen and oxygen atoms in total. The number of rotatable bonds is 3. The van der Waals surface area contributed by atoms with Crippen molar-refractivity contribution in [3.8, 4) is 0 Å². The molecule has 1 heterocycles. The van der Waals surface area contributed by atoms with Crippen LogP contribution in [0, 0.1) is 13.8 Å². The summed E-state index contributed by atoms with van der Waals surface area (Å²) in [5.74, 6) is 1.22. The van der Waals surface area contributed by atoms with Gasteiger partial charge in [-0.15, -0.1) is 0 Å². The van der Waals surface area contributed by atoms with Crippen LogP contribution in [0.2, 0.25) is 0 Å². The summed E-state index contributed by atoms with van der Waals surface area (Å²) < 4.78 is 4.88. The Kier molecular flexibility index (Phi) is 2.76. The first-order valence-electron chi connectivity index (χ1n) is 5.04. The number of nitrogen functional groups attached to an aromatic ring is 1. The van der Waals surface area contributed by atoms with Crippen LogP contribution in [-0.2, 0) is 6.54 Å². The lowest BCUT2D eigenvalue weighted by molar-refractivity contribution is 0.388. The second-order valence-electron chi connectivity index (χ2n) is 3.66. The van der Waals surface area contributed by atoms with E-state index in [1.165, 1.54) is 0 Å². The Hall–Kier alpha value is -2.04. The highest BCUT2D eigenvalue weighted by atomic mass is 16.5. The van der Waals surface area contributed by atoms with E-state index >= 15 is 0 Å². The highest BCUT2D eigenvalue weighted by Gasteiger charge is 2.03. The van der Waals surface area contributed by atoms with E-state index < -0.39 is 0 Å². The quantitative estimate of drug-likeness (QED) is 0.769. The summed E-state index contributed by atoms with van der Waals surface area (Å²) in [5, 5.41) is 7.03. The first-order chi connectivity index (χ1) is 7.65. The molecule has 16 heavy (non-hydrogen) atoms. The van der Waals surface area contributed by atoms with Gasteiger partial charge >= 0.3 is 0 Å². The minimum atomic E-state index is 0.544. The third-order valence-corrected chi connectivity index (χ3v) is 2.26. The summed E-state index contributed by atoms with van der Waals surface area (Å²) in [5.41, 5.74) is 8.56. The topological polar surface area (TPSA) is 77.0 Å². The predicted molar refractivity (Wildman–Crippen MR) is 62.0 cm³/mol. The van der Waals surface area contributed by atoms with E-state index in [4.69, 9.17) is 10.3 Å². The highest BCUT2D eigenvalue weighted by molar-refractivity contribution is 5.57. The van der Waals surface area contributed by atoms with Gasteiger partial charge in [0.25, 0.3) is 0 Å². The number of benzene rings is 1. The van der Waals surface area contributed by atoms with E-state index in [0.717, 1.165) is 16.9 Å². The predicted octanol–water partition coefficient (Wildman–Crippen LogP) is 1.88. The Bertz CT molecular complexity index is 492. The molecule has 0 unspecified atom stereocenters. The van der Waals surface area contributed by atoms with Crippen LogP contribution in [0.5, 0.6) is 0 Å². The molecule has 0 saturated heterocycles. The van der Waals surface area contributed by atoms with Crippen LogP contribution in [0.1, 0.15) is 17.3 Å². The van der Waals surface area contributed by atoms with Gasteiger partial charge in [0.05, 0.1) is 6.54 Å². The maximum atomic E-state index is 5.67. The molecule has 0 radical (unpaired) electrons.